The first-order valence-corrected chi connectivity index (χ1v) is 8.49. The number of carbonyl (C=O) groups is 1. The summed E-state index contributed by atoms with van der Waals surface area (Å²) in [6.07, 6.45) is -2.47. The van der Waals surface area contributed by atoms with Gasteiger partial charge in [0.1, 0.15) is 11.5 Å². The second kappa shape index (κ2) is 8.35. The van der Waals surface area contributed by atoms with Crippen molar-refractivity contribution in [3.05, 3.63) is 71.9 Å². The molecule has 2 aromatic heterocycles. The van der Waals surface area contributed by atoms with Crippen LogP contribution in [0.15, 0.2) is 63.6 Å². The van der Waals surface area contributed by atoms with Gasteiger partial charge in [-0.1, -0.05) is 12.1 Å². The number of benzene rings is 1. The molecule has 0 fully saturated rings. The number of carbonyl (C=O) groups excluding carboxylic acids is 1. The fourth-order valence-electron chi connectivity index (χ4n) is 2.70. The molecule has 0 saturated carbocycles. The van der Waals surface area contributed by atoms with Gasteiger partial charge in [0.2, 0.25) is 0 Å². The number of ether oxygens (including phenoxy) is 1. The minimum Gasteiger partial charge on any atom is -0.467 e. The van der Waals surface area contributed by atoms with Crippen LogP contribution in [0.4, 0.5) is 13.2 Å². The number of amides is 1. The van der Waals surface area contributed by atoms with Gasteiger partial charge < -0.3 is 18.9 Å². The van der Waals surface area contributed by atoms with Crippen LogP contribution in [0.5, 0.6) is 0 Å². The Hall–Kier alpha value is -3.00. The van der Waals surface area contributed by atoms with Crippen LogP contribution in [0.1, 0.15) is 34.3 Å². The van der Waals surface area contributed by atoms with Crippen LogP contribution in [0.25, 0.3) is 11.3 Å². The van der Waals surface area contributed by atoms with E-state index in [0.29, 0.717) is 18.8 Å². The molecule has 28 heavy (non-hydrogen) atoms. The Balaban J connectivity index is 1.76. The van der Waals surface area contributed by atoms with Crippen LogP contribution < -0.4 is 5.32 Å². The van der Waals surface area contributed by atoms with Crippen LogP contribution in [0.3, 0.4) is 0 Å². The zero-order valence-electron chi connectivity index (χ0n) is 15.0. The second-order valence-electron chi connectivity index (χ2n) is 6.07. The average molecular weight is 393 g/mol. The van der Waals surface area contributed by atoms with E-state index in [4.69, 9.17) is 13.6 Å². The molecule has 0 radical (unpaired) electrons. The molecule has 3 aromatic rings. The highest BCUT2D eigenvalue weighted by Crippen LogP contribution is 2.32. The summed E-state index contributed by atoms with van der Waals surface area (Å²) in [5.41, 5.74) is -0.555. The Bertz CT molecular complexity index is 916. The SMILES string of the molecule is COCCC(NC(=O)c1ccc(-c2cccc(C(F)(F)F)c2)o1)c1ccco1. The summed E-state index contributed by atoms with van der Waals surface area (Å²) < 4.78 is 54.5. The zero-order valence-corrected chi connectivity index (χ0v) is 15.0. The Kier molecular flexibility index (Phi) is 5.89. The molecule has 0 saturated heterocycles. The molecule has 1 unspecified atom stereocenters. The van der Waals surface area contributed by atoms with Gasteiger partial charge in [0, 0.05) is 19.3 Å². The van der Waals surface area contributed by atoms with Crippen molar-refractivity contribution in [2.24, 2.45) is 0 Å². The molecule has 0 aliphatic heterocycles. The first-order chi connectivity index (χ1) is 13.4. The van der Waals surface area contributed by atoms with Crippen molar-refractivity contribution in [2.45, 2.75) is 18.6 Å². The van der Waals surface area contributed by atoms with Crippen LogP contribution in [0.2, 0.25) is 0 Å². The third-order valence-electron chi connectivity index (χ3n) is 4.11. The number of methoxy groups -OCH3 is 1. The van der Waals surface area contributed by atoms with E-state index in [-0.39, 0.29) is 17.1 Å². The molecule has 1 N–H and O–H groups in total. The normalized spacial score (nSPS) is 12.7. The topological polar surface area (TPSA) is 64.6 Å². The van der Waals surface area contributed by atoms with Gasteiger partial charge >= 0.3 is 6.18 Å². The Labute approximate surface area is 159 Å². The van der Waals surface area contributed by atoms with E-state index in [1.807, 2.05) is 0 Å². The summed E-state index contributed by atoms with van der Waals surface area (Å²) >= 11 is 0. The Morgan fingerprint density at radius 1 is 1.18 bits per heavy atom. The van der Waals surface area contributed by atoms with Gasteiger partial charge in [-0.15, -0.1) is 0 Å². The fourth-order valence-corrected chi connectivity index (χ4v) is 2.70. The smallest absolute Gasteiger partial charge is 0.416 e. The van der Waals surface area contributed by atoms with E-state index in [1.165, 1.54) is 30.5 Å². The van der Waals surface area contributed by atoms with E-state index < -0.39 is 23.7 Å². The van der Waals surface area contributed by atoms with Crippen LogP contribution in [0, 0.1) is 0 Å². The molecule has 0 bridgehead atoms. The van der Waals surface area contributed by atoms with Gasteiger partial charge in [0.15, 0.2) is 5.76 Å². The first-order valence-electron chi connectivity index (χ1n) is 8.49. The molecular formula is C20H18F3NO4. The van der Waals surface area contributed by atoms with E-state index >= 15 is 0 Å². The van der Waals surface area contributed by atoms with Gasteiger partial charge in [-0.25, -0.2) is 0 Å². The molecule has 5 nitrogen and oxygen atoms in total. The van der Waals surface area contributed by atoms with Crippen LogP contribution >= 0.6 is 0 Å². The number of nitrogens with one attached hydrogen (secondary N) is 1. The average Bonchev–Trinajstić information content (AvgIpc) is 3.36. The molecule has 0 aliphatic rings. The van der Waals surface area contributed by atoms with E-state index in [1.54, 1.807) is 19.2 Å². The molecule has 148 valence electrons. The largest absolute Gasteiger partial charge is 0.467 e. The summed E-state index contributed by atoms with van der Waals surface area (Å²) in [5.74, 6) is 0.217. The molecule has 3 rings (SSSR count). The highest BCUT2D eigenvalue weighted by molar-refractivity contribution is 5.92. The maximum atomic E-state index is 12.9. The third-order valence-corrected chi connectivity index (χ3v) is 4.11. The molecule has 1 amide bonds. The summed E-state index contributed by atoms with van der Waals surface area (Å²) in [5, 5.41) is 2.78. The predicted octanol–water partition coefficient (Wildman–Crippen LogP) is 5.07. The van der Waals surface area contributed by atoms with Crippen molar-refractivity contribution in [3.63, 3.8) is 0 Å². The van der Waals surface area contributed by atoms with Crippen molar-refractivity contribution in [2.75, 3.05) is 13.7 Å². The molecule has 0 spiro atoms. The van der Waals surface area contributed by atoms with Gasteiger partial charge in [-0.2, -0.15) is 13.2 Å². The van der Waals surface area contributed by atoms with E-state index in [9.17, 15) is 18.0 Å². The minimum atomic E-state index is -4.46. The van der Waals surface area contributed by atoms with Gasteiger partial charge in [-0.3, -0.25) is 4.79 Å². The number of furan rings is 2. The van der Waals surface area contributed by atoms with Crippen molar-refractivity contribution < 1.29 is 31.5 Å². The number of hydrogen-bond acceptors (Lipinski definition) is 4. The maximum absolute atomic E-state index is 12.9. The lowest BCUT2D eigenvalue weighted by molar-refractivity contribution is -0.137. The second-order valence-corrected chi connectivity index (χ2v) is 6.07. The van der Waals surface area contributed by atoms with E-state index in [0.717, 1.165) is 12.1 Å². The minimum absolute atomic E-state index is 0.0126. The van der Waals surface area contributed by atoms with Gasteiger partial charge in [0.25, 0.3) is 5.91 Å². The quantitative estimate of drug-likeness (QED) is 0.609. The molecule has 8 heteroatoms. The van der Waals surface area contributed by atoms with Crippen molar-refractivity contribution in [3.8, 4) is 11.3 Å². The fraction of sp³-hybridized carbons (Fsp3) is 0.250. The van der Waals surface area contributed by atoms with Crippen molar-refractivity contribution in [1.29, 1.82) is 0 Å². The summed E-state index contributed by atoms with van der Waals surface area (Å²) in [4.78, 5) is 12.5. The van der Waals surface area contributed by atoms with Crippen molar-refractivity contribution >= 4 is 5.91 Å². The standard InChI is InChI=1S/C20H18F3NO4/c1-26-11-9-15(17-6-3-10-27-17)24-19(25)18-8-7-16(28-18)13-4-2-5-14(12-13)20(21,22)23/h2-8,10,12,15H,9,11H2,1H3,(H,24,25). The predicted molar refractivity (Wildman–Crippen MR) is 94.6 cm³/mol. The summed E-state index contributed by atoms with van der Waals surface area (Å²) in [6.45, 7) is 0.402. The highest BCUT2D eigenvalue weighted by Gasteiger charge is 2.30. The van der Waals surface area contributed by atoms with Crippen LogP contribution in [-0.2, 0) is 10.9 Å². The number of halogens is 3. The number of hydrogen-bond donors (Lipinski definition) is 1. The lowest BCUT2D eigenvalue weighted by Crippen LogP contribution is -2.28. The van der Waals surface area contributed by atoms with Crippen molar-refractivity contribution in [1.82, 2.24) is 5.32 Å². The van der Waals surface area contributed by atoms with E-state index in [2.05, 4.69) is 5.32 Å². The summed E-state index contributed by atoms with van der Waals surface area (Å²) in [6, 6.07) is 10.6. The lowest BCUT2D eigenvalue weighted by Gasteiger charge is -2.15. The lowest BCUT2D eigenvalue weighted by atomic mass is 10.1. The molecule has 0 aliphatic carbocycles. The molecule has 1 atom stereocenters. The Morgan fingerprint density at radius 2 is 2.00 bits per heavy atom. The third kappa shape index (κ3) is 4.64. The number of rotatable bonds is 7. The Morgan fingerprint density at radius 3 is 2.68 bits per heavy atom. The van der Waals surface area contributed by atoms with Gasteiger partial charge in [-0.05, 0) is 42.8 Å². The first kappa shape index (κ1) is 19.8. The molecule has 2 heterocycles. The maximum Gasteiger partial charge on any atom is 0.416 e. The summed E-state index contributed by atoms with van der Waals surface area (Å²) in [7, 11) is 1.55. The monoisotopic (exact) mass is 393 g/mol. The molecular weight excluding hydrogens is 375 g/mol. The molecule has 1 aromatic carbocycles. The highest BCUT2D eigenvalue weighted by atomic mass is 19.4. The van der Waals surface area contributed by atoms with Gasteiger partial charge in [0.05, 0.1) is 17.9 Å². The zero-order chi connectivity index (χ0) is 20.1. The number of alkyl halides is 3. The van der Waals surface area contributed by atoms with Crippen LogP contribution in [-0.4, -0.2) is 19.6 Å².